The fourth-order valence-electron chi connectivity index (χ4n) is 1.73. The molecule has 0 saturated carbocycles. The summed E-state index contributed by atoms with van der Waals surface area (Å²) in [5.41, 5.74) is 3.57. The molecule has 0 saturated heterocycles. The van der Waals surface area contributed by atoms with Crippen LogP contribution in [0.3, 0.4) is 0 Å². The molecule has 0 bridgehead atoms. The Bertz CT molecular complexity index is 517. The van der Waals surface area contributed by atoms with Crippen LogP contribution in [-0.4, -0.2) is 36.3 Å². The van der Waals surface area contributed by atoms with Gasteiger partial charge in [0.1, 0.15) is 0 Å². The predicted molar refractivity (Wildman–Crippen MR) is 89.1 cm³/mol. The van der Waals surface area contributed by atoms with Crippen molar-refractivity contribution in [2.75, 3.05) is 13.1 Å². The molecule has 1 aliphatic rings. The van der Waals surface area contributed by atoms with E-state index in [1.54, 1.807) is 24.3 Å². The fourth-order valence-corrected chi connectivity index (χ4v) is 1.73. The lowest BCUT2D eigenvalue weighted by Gasteiger charge is -2.05. The Morgan fingerprint density at radius 1 is 1.40 bits per heavy atom. The molecule has 0 amide bonds. The van der Waals surface area contributed by atoms with Gasteiger partial charge in [-0.15, -0.1) is 24.0 Å². The monoisotopic (exact) mass is 388 g/mol. The van der Waals surface area contributed by atoms with Gasteiger partial charge in [0.25, 0.3) is 0 Å². The van der Waals surface area contributed by atoms with E-state index in [0.29, 0.717) is 11.5 Å². The van der Waals surface area contributed by atoms with Crippen molar-refractivity contribution in [1.82, 2.24) is 10.7 Å². The van der Waals surface area contributed by atoms with Crippen LogP contribution in [0.25, 0.3) is 0 Å². The molecule has 1 aliphatic heterocycles. The van der Waals surface area contributed by atoms with E-state index >= 15 is 0 Å². The van der Waals surface area contributed by atoms with Crippen LogP contribution in [0.2, 0.25) is 0 Å². The van der Waals surface area contributed by atoms with Crippen LogP contribution in [0.15, 0.2) is 34.4 Å². The number of carboxylic acid groups (broad SMARTS) is 1. The van der Waals surface area contributed by atoms with Crippen molar-refractivity contribution in [3.63, 3.8) is 0 Å². The maximum Gasteiger partial charge on any atom is 0.336 e. The molecule has 1 aromatic rings. The normalized spacial score (nSPS) is 14.7. The second kappa shape index (κ2) is 8.51. The number of nitrogens with zero attached hydrogens (tertiary/aromatic N) is 2. The number of hydrogen-bond acceptors (Lipinski definition) is 5. The van der Waals surface area contributed by atoms with Crippen LogP contribution in [0.1, 0.15) is 28.8 Å². The molecule has 0 atom stereocenters. The number of hydrazone groups is 1. The number of carbonyl (C=O) groups is 1. The average molecular weight is 388 g/mol. The van der Waals surface area contributed by atoms with Gasteiger partial charge in [-0.2, -0.15) is 5.10 Å². The van der Waals surface area contributed by atoms with Crippen LogP contribution in [0.4, 0.5) is 0 Å². The zero-order valence-corrected chi connectivity index (χ0v) is 13.2. The summed E-state index contributed by atoms with van der Waals surface area (Å²) in [6, 6.07) is 6.71. The third-order valence-corrected chi connectivity index (χ3v) is 2.71. The number of carboxylic acids is 1. The number of aliphatic imine (C=N–C) groups is 1. The third kappa shape index (κ3) is 4.80. The standard InChI is InChI=1S/C13H16N4O2.HI/c18-12(19)11-6-2-1-5-10(11)9-16-17-13-14-7-3-4-8-15-13;/h1-2,5-6,9H,3-4,7-8H2,(H,18,19)(H2,14,15,17);1H/b16-9-;. The molecule has 0 fully saturated rings. The van der Waals surface area contributed by atoms with E-state index in [2.05, 4.69) is 20.8 Å². The van der Waals surface area contributed by atoms with Gasteiger partial charge in [-0.1, -0.05) is 18.2 Å². The van der Waals surface area contributed by atoms with Gasteiger partial charge in [0.05, 0.1) is 11.8 Å². The number of halogens is 1. The van der Waals surface area contributed by atoms with Gasteiger partial charge < -0.3 is 10.4 Å². The molecule has 6 nitrogen and oxygen atoms in total. The first-order chi connectivity index (χ1) is 9.27. The first-order valence-electron chi connectivity index (χ1n) is 6.17. The van der Waals surface area contributed by atoms with Crippen LogP contribution >= 0.6 is 24.0 Å². The Hall–Kier alpha value is -1.64. The summed E-state index contributed by atoms with van der Waals surface area (Å²) in [5.74, 6) is -0.339. The lowest BCUT2D eigenvalue weighted by molar-refractivity contribution is 0.0697. The minimum atomic E-state index is -0.966. The molecule has 0 radical (unpaired) electrons. The Labute approximate surface area is 134 Å². The number of guanidine groups is 1. The van der Waals surface area contributed by atoms with Gasteiger partial charge >= 0.3 is 5.97 Å². The SMILES string of the molecule is I.O=C(O)c1ccccc1/C=N\NC1=NCCCCN1. The summed E-state index contributed by atoms with van der Waals surface area (Å²) >= 11 is 0. The number of nitrogens with one attached hydrogen (secondary N) is 2. The minimum Gasteiger partial charge on any atom is -0.478 e. The Morgan fingerprint density at radius 3 is 3.00 bits per heavy atom. The highest BCUT2D eigenvalue weighted by molar-refractivity contribution is 14.0. The topological polar surface area (TPSA) is 86.1 Å². The first kappa shape index (κ1) is 16.4. The zero-order chi connectivity index (χ0) is 13.5. The third-order valence-electron chi connectivity index (χ3n) is 2.71. The summed E-state index contributed by atoms with van der Waals surface area (Å²) in [4.78, 5) is 15.3. The smallest absolute Gasteiger partial charge is 0.336 e. The van der Waals surface area contributed by atoms with Gasteiger partial charge in [0, 0.05) is 18.7 Å². The Balaban J connectivity index is 0.00000200. The van der Waals surface area contributed by atoms with E-state index < -0.39 is 5.97 Å². The molecule has 3 N–H and O–H groups in total. The molecule has 7 heteroatoms. The molecular formula is C13H17IN4O2. The second-order valence-electron chi connectivity index (χ2n) is 4.13. The van der Waals surface area contributed by atoms with Crippen LogP contribution < -0.4 is 10.7 Å². The summed E-state index contributed by atoms with van der Waals surface area (Å²) in [6.45, 7) is 1.64. The second-order valence-corrected chi connectivity index (χ2v) is 4.13. The molecule has 108 valence electrons. The molecular weight excluding hydrogens is 371 g/mol. The van der Waals surface area contributed by atoms with E-state index in [4.69, 9.17) is 5.11 Å². The van der Waals surface area contributed by atoms with E-state index in [9.17, 15) is 4.79 Å². The van der Waals surface area contributed by atoms with Crippen LogP contribution in [0.5, 0.6) is 0 Å². The lowest BCUT2D eigenvalue weighted by Crippen LogP contribution is -2.33. The summed E-state index contributed by atoms with van der Waals surface area (Å²) in [7, 11) is 0. The summed E-state index contributed by atoms with van der Waals surface area (Å²) in [6.07, 6.45) is 3.63. The number of aromatic carboxylic acids is 1. The average Bonchev–Trinajstić information content (AvgIpc) is 2.68. The van der Waals surface area contributed by atoms with Crippen LogP contribution in [0, 0.1) is 0 Å². The Kier molecular flexibility index (Phi) is 6.99. The highest BCUT2D eigenvalue weighted by atomic mass is 127. The van der Waals surface area contributed by atoms with E-state index in [1.165, 1.54) is 6.21 Å². The van der Waals surface area contributed by atoms with Gasteiger partial charge in [-0.25, -0.2) is 10.2 Å². The molecule has 2 rings (SSSR count). The molecule has 0 unspecified atom stereocenters. The van der Waals surface area contributed by atoms with Crippen molar-refractivity contribution in [3.05, 3.63) is 35.4 Å². The van der Waals surface area contributed by atoms with E-state index in [-0.39, 0.29) is 29.5 Å². The number of rotatable bonds is 3. The zero-order valence-electron chi connectivity index (χ0n) is 10.9. The molecule has 20 heavy (non-hydrogen) atoms. The van der Waals surface area contributed by atoms with Crippen molar-refractivity contribution < 1.29 is 9.90 Å². The van der Waals surface area contributed by atoms with Gasteiger partial charge in [0.2, 0.25) is 5.96 Å². The Morgan fingerprint density at radius 2 is 2.20 bits per heavy atom. The van der Waals surface area contributed by atoms with E-state index in [0.717, 1.165) is 25.9 Å². The molecule has 0 aromatic heterocycles. The highest BCUT2D eigenvalue weighted by Crippen LogP contribution is 2.05. The first-order valence-corrected chi connectivity index (χ1v) is 6.17. The fraction of sp³-hybridized carbons (Fsp3) is 0.308. The van der Waals surface area contributed by atoms with Crippen molar-refractivity contribution >= 4 is 42.1 Å². The molecule has 0 aliphatic carbocycles. The lowest BCUT2D eigenvalue weighted by atomic mass is 10.1. The maximum absolute atomic E-state index is 11.0. The van der Waals surface area contributed by atoms with Crippen molar-refractivity contribution in [2.24, 2.45) is 10.1 Å². The van der Waals surface area contributed by atoms with Crippen molar-refractivity contribution in [3.8, 4) is 0 Å². The highest BCUT2D eigenvalue weighted by Gasteiger charge is 2.06. The minimum absolute atomic E-state index is 0. The largest absolute Gasteiger partial charge is 0.478 e. The van der Waals surface area contributed by atoms with Gasteiger partial charge in [-0.3, -0.25) is 4.99 Å². The van der Waals surface area contributed by atoms with Gasteiger partial charge in [0.15, 0.2) is 0 Å². The molecule has 1 aromatic carbocycles. The van der Waals surface area contributed by atoms with Crippen molar-refractivity contribution in [1.29, 1.82) is 0 Å². The maximum atomic E-state index is 11.0. The van der Waals surface area contributed by atoms with Crippen molar-refractivity contribution in [2.45, 2.75) is 12.8 Å². The van der Waals surface area contributed by atoms with Gasteiger partial charge in [-0.05, 0) is 18.9 Å². The summed E-state index contributed by atoms with van der Waals surface area (Å²) < 4.78 is 0. The number of hydrogen-bond donors (Lipinski definition) is 3. The van der Waals surface area contributed by atoms with E-state index in [1.807, 2.05) is 0 Å². The summed E-state index contributed by atoms with van der Waals surface area (Å²) in [5, 5.41) is 16.2. The molecule has 0 spiro atoms. The number of benzene rings is 1. The quantitative estimate of drug-likeness (QED) is 0.418. The van der Waals surface area contributed by atoms with Crippen LogP contribution in [-0.2, 0) is 0 Å². The molecule has 1 heterocycles. The predicted octanol–water partition coefficient (Wildman–Crippen LogP) is 1.67.